The first-order valence-corrected chi connectivity index (χ1v) is 7.10. The number of fused-ring (bicyclic) bond motifs is 1. The van der Waals surface area contributed by atoms with Crippen LogP contribution in [0.2, 0.25) is 0 Å². The van der Waals surface area contributed by atoms with Crippen LogP contribution in [-0.4, -0.2) is 24.0 Å². The van der Waals surface area contributed by atoms with Crippen molar-refractivity contribution in [1.82, 2.24) is 10.3 Å². The number of hydrogen-bond donors (Lipinski definition) is 2. The minimum Gasteiger partial charge on any atom is -0.356 e. The zero-order valence-corrected chi connectivity index (χ0v) is 11.6. The number of nitrogens with one attached hydrogen (secondary N) is 1. The Balaban J connectivity index is 1.85. The molecule has 0 radical (unpaired) electrons. The van der Waals surface area contributed by atoms with E-state index in [4.69, 9.17) is 5.73 Å². The van der Waals surface area contributed by atoms with Gasteiger partial charge in [-0.05, 0) is 37.4 Å². The highest BCUT2D eigenvalue weighted by Crippen LogP contribution is 2.15. The molecule has 0 bridgehead atoms. The van der Waals surface area contributed by atoms with Gasteiger partial charge in [0.1, 0.15) is 0 Å². The van der Waals surface area contributed by atoms with E-state index in [0.717, 1.165) is 30.2 Å². The fourth-order valence-corrected chi connectivity index (χ4v) is 2.22. The summed E-state index contributed by atoms with van der Waals surface area (Å²) < 4.78 is 0. The van der Waals surface area contributed by atoms with E-state index in [1.54, 1.807) is 6.20 Å². The monoisotopic (exact) mass is 271 g/mol. The predicted octanol–water partition coefficient (Wildman–Crippen LogP) is 2.02. The van der Waals surface area contributed by atoms with Crippen molar-refractivity contribution in [3.05, 3.63) is 42.1 Å². The Hall–Kier alpha value is -1.94. The number of carbonyl (C=O) groups is 1. The lowest BCUT2D eigenvalue weighted by Gasteiger charge is -2.07. The summed E-state index contributed by atoms with van der Waals surface area (Å²) >= 11 is 0. The van der Waals surface area contributed by atoms with E-state index in [0.29, 0.717) is 19.5 Å². The second-order valence-electron chi connectivity index (χ2n) is 4.84. The van der Waals surface area contributed by atoms with Crippen LogP contribution >= 0.6 is 0 Å². The van der Waals surface area contributed by atoms with Gasteiger partial charge in [-0.1, -0.05) is 24.3 Å². The van der Waals surface area contributed by atoms with Crippen LogP contribution in [-0.2, 0) is 11.2 Å². The van der Waals surface area contributed by atoms with E-state index in [9.17, 15) is 4.79 Å². The van der Waals surface area contributed by atoms with Crippen molar-refractivity contribution >= 4 is 16.8 Å². The number of hydrogen-bond acceptors (Lipinski definition) is 3. The van der Waals surface area contributed by atoms with Crippen LogP contribution in [0.5, 0.6) is 0 Å². The maximum Gasteiger partial charge on any atom is 0.220 e. The minimum absolute atomic E-state index is 0.103. The third-order valence-electron chi connectivity index (χ3n) is 3.29. The van der Waals surface area contributed by atoms with Gasteiger partial charge in [0.05, 0.1) is 5.52 Å². The summed E-state index contributed by atoms with van der Waals surface area (Å²) in [5, 5.41) is 4.09. The van der Waals surface area contributed by atoms with Crippen LogP contribution in [0.3, 0.4) is 0 Å². The summed E-state index contributed by atoms with van der Waals surface area (Å²) in [7, 11) is 0. The molecule has 20 heavy (non-hydrogen) atoms. The fraction of sp³-hybridized carbons (Fsp3) is 0.375. The number of carbonyl (C=O) groups excluding carboxylic acids is 1. The number of rotatable bonds is 7. The molecular formula is C16H21N3O. The summed E-state index contributed by atoms with van der Waals surface area (Å²) in [5.74, 6) is 0.103. The second kappa shape index (κ2) is 7.60. The Morgan fingerprint density at radius 3 is 2.90 bits per heavy atom. The lowest BCUT2D eigenvalue weighted by atomic mass is 10.1. The molecule has 4 nitrogen and oxygen atoms in total. The molecule has 0 saturated heterocycles. The van der Waals surface area contributed by atoms with Crippen molar-refractivity contribution in [2.24, 2.45) is 5.73 Å². The van der Waals surface area contributed by atoms with Crippen molar-refractivity contribution in [3.63, 3.8) is 0 Å². The lowest BCUT2D eigenvalue weighted by Crippen LogP contribution is -2.25. The maximum atomic E-state index is 11.6. The van der Waals surface area contributed by atoms with Crippen molar-refractivity contribution in [3.8, 4) is 0 Å². The van der Waals surface area contributed by atoms with Gasteiger partial charge in [0, 0.05) is 24.5 Å². The van der Waals surface area contributed by atoms with Gasteiger partial charge in [0.2, 0.25) is 5.91 Å². The predicted molar refractivity (Wildman–Crippen MR) is 81.4 cm³/mol. The van der Waals surface area contributed by atoms with Crippen LogP contribution in [0.4, 0.5) is 0 Å². The molecule has 4 heteroatoms. The molecule has 0 aliphatic carbocycles. The molecule has 0 fully saturated rings. The first-order valence-electron chi connectivity index (χ1n) is 7.10. The van der Waals surface area contributed by atoms with E-state index < -0.39 is 0 Å². The fourth-order valence-electron chi connectivity index (χ4n) is 2.22. The van der Waals surface area contributed by atoms with Crippen LogP contribution in [0.1, 0.15) is 24.8 Å². The zero-order valence-electron chi connectivity index (χ0n) is 11.6. The number of amides is 1. The third-order valence-corrected chi connectivity index (χ3v) is 3.29. The van der Waals surface area contributed by atoms with Crippen LogP contribution in [0.25, 0.3) is 10.9 Å². The standard InChI is InChI=1S/C16H21N3O/c17-10-2-1-8-15(20)18-12-9-14-6-3-5-13-7-4-11-19-16(13)14/h3-7,11H,1-2,8-10,12,17H2,(H,18,20). The number of para-hydroxylation sites is 1. The first-order chi connectivity index (χ1) is 9.81. The molecule has 3 N–H and O–H groups in total. The molecule has 0 spiro atoms. The Morgan fingerprint density at radius 1 is 1.20 bits per heavy atom. The highest BCUT2D eigenvalue weighted by molar-refractivity contribution is 5.81. The Kier molecular flexibility index (Phi) is 5.50. The Morgan fingerprint density at radius 2 is 2.05 bits per heavy atom. The molecule has 0 unspecified atom stereocenters. The highest BCUT2D eigenvalue weighted by atomic mass is 16.1. The smallest absolute Gasteiger partial charge is 0.220 e. The van der Waals surface area contributed by atoms with Crippen molar-refractivity contribution < 1.29 is 4.79 Å². The number of nitrogens with two attached hydrogens (primary N) is 1. The van der Waals surface area contributed by atoms with Crippen molar-refractivity contribution in [1.29, 1.82) is 0 Å². The number of unbranched alkanes of at least 4 members (excludes halogenated alkanes) is 1. The molecule has 0 saturated carbocycles. The largest absolute Gasteiger partial charge is 0.356 e. The maximum absolute atomic E-state index is 11.6. The van der Waals surface area contributed by atoms with Crippen LogP contribution < -0.4 is 11.1 Å². The van der Waals surface area contributed by atoms with E-state index in [-0.39, 0.29) is 5.91 Å². The molecule has 106 valence electrons. The van der Waals surface area contributed by atoms with Crippen molar-refractivity contribution in [2.45, 2.75) is 25.7 Å². The van der Waals surface area contributed by atoms with Gasteiger partial charge in [-0.15, -0.1) is 0 Å². The molecule has 1 heterocycles. The van der Waals surface area contributed by atoms with E-state index in [1.807, 2.05) is 12.1 Å². The molecule has 0 aliphatic heterocycles. The molecule has 2 aromatic rings. The lowest BCUT2D eigenvalue weighted by molar-refractivity contribution is -0.121. The van der Waals surface area contributed by atoms with Gasteiger partial charge in [0.25, 0.3) is 0 Å². The van der Waals surface area contributed by atoms with E-state index >= 15 is 0 Å². The summed E-state index contributed by atoms with van der Waals surface area (Å²) in [6.07, 6.45) is 4.93. The molecule has 1 amide bonds. The Labute approximate surface area is 119 Å². The van der Waals surface area contributed by atoms with Crippen LogP contribution in [0.15, 0.2) is 36.5 Å². The molecule has 0 atom stereocenters. The number of benzene rings is 1. The molecule has 0 aliphatic rings. The van der Waals surface area contributed by atoms with Gasteiger partial charge in [-0.2, -0.15) is 0 Å². The number of nitrogens with zero attached hydrogens (tertiary/aromatic N) is 1. The summed E-state index contributed by atoms with van der Waals surface area (Å²) in [5.41, 5.74) is 7.60. The SMILES string of the molecule is NCCCCC(=O)NCCc1cccc2cccnc12. The van der Waals surface area contributed by atoms with Gasteiger partial charge in [-0.25, -0.2) is 0 Å². The number of aromatic nitrogens is 1. The molecule has 1 aromatic heterocycles. The van der Waals surface area contributed by atoms with Gasteiger partial charge < -0.3 is 11.1 Å². The van der Waals surface area contributed by atoms with E-state index in [1.165, 1.54) is 5.56 Å². The average molecular weight is 271 g/mol. The minimum atomic E-state index is 0.103. The third kappa shape index (κ3) is 4.03. The quantitative estimate of drug-likeness (QED) is 0.757. The molecule has 2 rings (SSSR count). The average Bonchev–Trinajstić information content (AvgIpc) is 2.48. The summed E-state index contributed by atoms with van der Waals surface area (Å²) in [6, 6.07) is 10.1. The van der Waals surface area contributed by atoms with E-state index in [2.05, 4.69) is 28.5 Å². The summed E-state index contributed by atoms with van der Waals surface area (Å²) in [6.45, 7) is 1.30. The summed E-state index contributed by atoms with van der Waals surface area (Å²) in [4.78, 5) is 16.0. The van der Waals surface area contributed by atoms with Gasteiger partial charge in [-0.3, -0.25) is 9.78 Å². The van der Waals surface area contributed by atoms with Crippen molar-refractivity contribution in [2.75, 3.05) is 13.1 Å². The first kappa shape index (κ1) is 14.5. The molecular weight excluding hydrogens is 250 g/mol. The second-order valence-corrected chi connectivity index (χ2v) is 4.84. The normalized spacial score (nSPS) is 10.7. The Bertz CT molecular complexity index is 563. The molecule has 1 aromatic carbocycles. The van der Waals surface area contributed by atoms with Gasteiger partial charge >= 0.3 is 0 Å². The zero-order chi connectivity index (χ0) is 14.2. The van der Waals surface area contributed by atoms with Crippen LogP contribution in [0, 0.1) is 0 Å². The van der Waals surface area contributed by atoms with Gasteiger partial charge in [0.15, 0.2) is 0 Å². The topological polar surface area (TPSA) is 68.0 Å². The highest BCUT2D eigenvalue weighted by Gasteiger charge is 2.03. The number of pyridine rings is 1.